The molecule has 0 radical (unpaired) electrons. The van der Waals surface area contributed by atoms with Gasteiger partial charge in [0.25, 0.3) is 0 Å². The third kappa shape index (κ3) is 10.1. The summed E-state index contributed by atoms with van der Waals surface area (Å²) in [4.78, 5) is 21.4. The molecule has 152 valence electrons. The first kappa shape index (κ1) is 26.6. The van der Waals surface area contributed by atoms with Crippen LogP contribution in [0, 0.1) is 0 Å². The predicted octanol–water partition coefficient (Wildman–Crippen LogP) is 2.45. The molecule has 0 saturated carbocycles. The van der Waals surface area contributed by atoms with Gasteiger partial charge in [-0.2, -0.15) is 0 Å². The number of para-hydroxylation sites is 2. The minimum atomic E-state index is -1.22. The Morgan fingerprint density at radius 1 is 0.655 bits per heavy atom. The number of carbonyl (C=O) groups excluding carboxylic acids is 2. The summed E-state index contributed by atoms with van der Waals surface area (Å²) in [5, 5.41) is 21.4. The van der Waals surface area contributed by atoms with E-state index in [1.165, 1.54) is 12.1 Å². The van der Waals surface area contributed by atoms with Gasteiger partial charge in [-0.05, 0) is 65.8 Å². The molecule has 0 aliphatic heterocycles. The van der Waals surface area contributed by atoms with Crippen LogP contribution in [0.15, 0.2) is 48.5 Å². The van der Waals surface area contributed by atoms with Gasteiger partial charge in [-0.15, -0.1) is 0 Å². The van der Waals surface area contributed by atoms with Crippen molar-refractivity contribution >= 4 is 11.9 Å². The minimum absolute atomic E-state index is 0. The van der Waals surface area contributed by atoms with Gasteiger partial charge < -0.3 is 29.3 Å². The molecule has 0 bridgehead atoms. The summed E-state index contributed by atoms with van der Waals surface area (Å²) in [6.45, 7) is 11.2. The minimum Gasteiger partial charge on any atom is -0.545 e. The third-order valence-corrected chi connectivity index (χ3v) is 3.05. The molecule has 0 heterocycles. The zero-order chi connectivity index (χ0) is 21.5. The van der Waals surface area contributed by atoms with Crippen LogP contribution in [-0.4, -0.2) is 23.1 Å². The Morgan fingerprint density at radius 2 is 0.931 bits per heavy atom. The van der Waals surface area contributed by atoms with Crippen molar-refractivity contribution in [2.75, 3.05) is 0 Å². The Morgan fingerprint density at radius 3 is 1.17 bits per heavy atom. The van der Waals surface area contributed by atoms with E-state index in [0.29, 0.717) is 11.5 Å². The fourth-order valence-corrected chi connectivity index (χ4v) is 2.11. The maximum atomic E-state index is 10.7. The van der Waals surface area contributed by atoms with Crippen LogP contribution in [0.2, 0.25) is 0 Å². The van der Waals surface area contributed by atoms with Crippen molar-refractivity contribution in [3.63, 3.8) is 0 Å². The number of hydrogen-bond donors (Lipinski definition) is 0. The monoisotopic (exact) mass is 450 g/mol. The molecule has 2 rings (SSSR count). The number of benzene rings is 2. The Bertz CT molecular complexity index is 749. The number of hydrogen-bond acceptors (Lipinski definition) is 6. The fourth-order valence-electron chi connectivity index (χ4n) is 2.11. The van der Waals surface area contributed by atoms with Gasteiger partial charge in [-0.3, -0.25) is 0 Å². The van der Waals surface area contributed by atoms with Crippen molar-refractivity contribution in [2.45, 2.75) is 52.7 Å². The molecule has 0 aliphatic rings. The standard InChI is InChI=1S/2C11H14O3.Zn/c2*1-11(2,3)14-9-7-5-4-6-8(9)10(12)13;/h2*4-7H,1-3H3,(H,12,13);/q;;+2/p-2. The summed E-state index contributed by atoms with van der Waals surface area (Å²) in [6.07, 6.45) is 0. The van der Waals surface area contributed by atoms with Crippen LogP contribution in [0.4, 0.5) is 0 Å². The molecule has 0 spiro atoms. The number of aromatic carboxylic acids is 2. The summed E-state index contributed by atoms with van der Waals surface area (Å²) < 4.78 is 10.9. The summed E-state index contributed by atoms with van der Waals surface area (Å²) in [6, 6.07) is 12.9. The van der Waals surface area contributed by atoms with Crippen molar-refractivity contribution in [1.29, 1.82) is 0 Å². The molecule has 2 aromatic carbocycles. The van der Waals surface area contributed by atoms with E-state index >= 15 is 0 Å². The van der Waals surface area contributed by atoms with E-state index in [0.717, 1.165) is 0 Å². The Kier molecular flexibility index (Phi) is 10.1. The number of rotatable bonds is 4. The SMILES string of the molecule is CC(C)(C)Oc1ccccc1C(=O)[O-].CC(C)(C)Oc1ccccc1C(=O)[O-].[Zn+2]. The first-order valence-electron chi connectivity index (χ1n) is 8.79. The second-order valence-corrected chi connectivity index (χ2v) is 8.00. The van der Waals surface area contributed by atoms with Crippen LogP contribution in [0.5, 0.6) is 11.5 Å². The molecule has 0 aliphatic carbocycles. The smallest absolute Gasteiger partial charge is 0.545 e. The average Bonchev–Trinajstić information content (AvgIpc) is 2.53. The topological polar surface area (TPSA) is 98.7 Å². The second kappa shape index (κ2) is 11.0. The van der Waals surface area contributed by atoms with Crippen molar-refractivity contribution < 1.29 is 48.8 Å². The summed E-state index contributed by atoms with van der Waals surface area (Å²) >= 11 is 0. The molecule has 0 N–H and O–H groups in total. The molecule has 0 aromatic heterocycles. The summed E-state index contributed by atoms with van der Waals surface area (Å²) in [5.41, 5.74) is -0.651. The zero-order valence-electron chi connectivity index (χ0n) is 17.8. The van der Waals surface area contributed by atoms with Gasteiger partial charge in [0.2, 0.25) is 0 Å². The van der Waals surface area contributed by atoms with Crippen molar-refractivity contribution in [3.8, 4) is 11.5 Å². The number of ether oxygens (including phenoxy) is 2. The average molecular weight is 452 g/mol. The van der Waals surface area contributed by atoms with Crippen LogP contribution in [-0.2, 0) is 19.5 Å². The van der Waals surface area contributed by atoms with Crippen molar-refractivity contribution in [3.05, 3.63) is 59.7 Å². The van der Waals surface area contributed by atoms with E-state index in [9.17, 15) is 19.8 Å². The number of carboxylic acid groups (broad SMARTS) is 2. The fraction of sp³-hybridized carbons (Fsp3) is 0.364. The first-order chi connectivity index (χ1) is 12.8. The Hall–Kier alpha value is -2.40. The predicted molar refractivity (Wildman–Crippen MR) is 102 cm³/mol. The van der Waals surface area contributed by atoms with Crippen molar-refractivity contribution in [1.82, 2.24) is 0 Å². The largest absolute Gasteiger partial charge is 2.00 e. The molecule has 0 unspecified atom stereocenters. The van der Waals surface area contributed by atoms with E-state index < -0.39 is 23.1 Å². The maximum absolute atomic E-state index is 10.7. The van der Waals surface area contributed by atoms with E-state index in [4.69, 9.17) is 9.47 Å². The van der Waals surface area contributed by atoms with Gasteiger partial charge in [0.05, 0.1) is 11.9 Å². The molecule has 0 saturated heterocycles. The van der Waals surface area contributed by atoms with Crippen LogP contribution < -0.4 is 19.7 Å². The molecule has 0 atom stereocenters. The summed E-state index contributed by atoms with van der Waals surface area (Å²) in [7, 11) is 0. The van der Waals surface area contributed by atoms with Gasteiger partial charge in [-0.25, -0.2) is 0 Å². The van der Waals surface area contributed by atoms with Gasteiger partial charge in [0.1, 0.15) is 22.7 Å². The molecule has 6 nitrogen and oxygen atoms in total. The van der Waals surface area contributed by atoms with E-state index in [1.54, 1.807) is 36.4 Å². The maximum Gasteiger partial charge on any atom is 2.00 e. The molecular formula is C22H26O6Zn. The molecule has 0 amide bonds. The van der Waals surface area contributed by atoms with E-state index in [1.807, 2.05) is 41.5 Å². The zero-order valence-corrected chi connectivity index (χ0v) is 20.7. The van der Waals surface area contributed by atoms with Crippen LogP contribution in [0.1, 0.15) is 62.3 Å². The van der Waals surface area contributed by atoms with Gasteiger partial charge in [0.15, 0.2) is 0 Å². The Balaban J connectivity index is 0.000000523. The quantitative estimate of drug-likeness (QED) is 0.662. The normalized spacial score (nSPS) is 10.7. The van der Waals surface area contributed by atoms with E-state index in [-0.39, 0.29) is 30.6 Å². The molecule has 0 fully saturated rings. The van der Waals surface area contributed by atoms with Crippen LogP contribution in [0.3, 0.4) is 0 Å². The van der Waals surface area contributed by atoms with Gasteiger partial charge in [-0.1, -0.05) is 24.3 Å². The second-order valence-electron chi connectivity index (χ2n) is 8.00. The first-order valence-corrected chi connectivity index (χ1v) is 8.79. The van der Waals surface area contributed by atoms with Gasteiger partial charge in [0, 0.05) is 11.1 Å². The third-order valence-electron chi connectivity index (χ3n) is 3.05. The number of carbonyl (C=O) groups is 2. The van der Waals surface area contributed by atoms with Gasteiger partial charge >= 0.3 is 19.5 Å². The van der Waals surface area contributed by atoms with Crippen LogP contribution >= 0.6 is 0 Å². The molecule has 29 heavy (non-hydrogen) atoms. The molecule has 2 aromatic rings. The number of carboxylic acids is 2. The van der Waals surface area contributed by atoms with Crippen LogP contribution in [0.25, 0.3) is 0 Å². The molecular weight excluding hydrogens is 426 g/mol. The van der Waals surface area contributed by atoms with E-state index in [2.05, 4.69) is 0 Å². The van der Waals surface area contributed by atoms with Crippen molar-refractivity contribution in [2.24, 2.45) is 0 Å². The summed E-state index contributed by atoms with van der Waals surface area (Å²) in [5.74, 6) is -1.74. The Labute approximate surface area is 184 Å². The molecule has 7 heteroatoms.